The first kappa shape index (κ1) is 15.2. The lowest BCUT2D eigenvalue weighted by Gasteiger charge is -2.13. The van der Waals surface area contributed by atoms with Gasteiger partial charge in [0.05, 0.1) is 9.79 Å². The van der Waals surface area contributed by atoms with E-state index in [9.17, 15) is 12.6 Å². The molecule has 0 N–H and O–H groups in total. The van der Waals surface area contributed by atoms with Gasteiger partial charge in [-0.15, -0.1) is 0 Å². The number of hydrogen-bond acceptors (Lipinski definition) is 3. The molecule has 0 aliphatic heterocycles. The second-order valence-corrected chi connectivity index (χ2v) is 8.15. The van der Waals surface area contributed by atoms with Crippen LogP contribution in [0.5, 0.6) is 0 Å². The van der Waals surface area contributed by atoms with Crippen molar-refractivity contribution in [1.82, 2.24) is 3.23 Å². The Morgan fingerprint density at radius 1 is 1.00 bits per heavy atom. The maximum atomic E-state index is 12.3. The van der Waals surface area contributed by atoms with Crippen molar-refractivity contribution in [3.8, 4) is 0 Å². The van der Waals surface area contributed by atoms with E-state index in [-0.39, 0.29) is 4.90 Å². The van der Waals surface area contributed by atoms with Gasteiger partial charge < -0.3 is 0 Å². The van der Waals surface area contributed by atoms with Gasteiger partial charge in [0, 0.05) is 11.8 Å². The Labute approximate surface area is 125 Å². The van der Waals surface area contributed by atoms with Crippen LogP contribution in [-0.2, 0) is 21.0 Å². The molecule has 2 rings (SSSR count). The van der Waals surface area contributed by atoms with Crippen LogP contribution < -0.4 is 0 Å². The molecule has 0 aliphatic carbocycles. The Hall–Kier alpha value is -1.21. The smallest absolute Gasteiger partial charge is 0.235 e. The standard InChI is InChI=1S/C13H12ClNO3S2/c1-11-7-9-13(10-8-11)20(17,18)15(14)19(16)12-5-3-2-4-6-12/h2-10H,1H3. The van der Waals surface area contributed by atoms with Crippen molar-refractivity contribution in [3.05, 3.63) is 60.2 Å². The summed E-state index contributed by atoms with van der Waals surface area (Å²) in [6.45, 7) is 1.84. The van der Waals surface area contributed by atoms with Crippen molar-refractivity contribution in [2.45, 2.75) is 16.7 Å². The van der Waals surface area contributed by atoms with Crippen molar-refractivity contribution in [2.24, 2.45) is 0 Å². The molecule has 0 saturated heterocycles. The van der Waals surface area contributed by atoms with Gasteiger partial charge in [-0.3, -0.25) is 0 Å². The Morgan fingerprint density at radius 2 is 1.55 bits per heavy atom. The van der Waals surface area contributed by atoms with Gasteiger partial charge in [0.2, 0.25) is 0 Å². The molecule has 7 heteroatoms. The van der Waals surface area contributed by atoms with Gasteiger partial charge in [-0.1, -0.05) is 35.9 Å². The summed E-state index contributed by atoms with van der Waals surface area (Å²) in [5.74, 6) is 0. The van der Waals surface area contributed by atoms with E-state index in [4.69, 9.17) is 11.8 Å². The number of aryl methyl sites for hydroxylation is 1. The fourth-order valence-electron chi connectivity index (χ4n) is 1.50. The molecular formula is C13H12ClNO3S2. The van der Waals surface area contributed by atoms with Crippen LogP contribution in [-0.4, -0.2) is 15.9 Å². The molecule has 0 amide bonds. The highest BCUT2D eigenvalue weighted by atomic mass is 35.5. The van der Waals surface area contributed by atoms with Gasteiger partial charge in [-0.2, -0.15) is 0 Å². The lowest BCUT2D eigenvalue weighted by molar-refractivity contribution is 0.576. The number of rotatable bonds is 4. The maximum absolute atomic E-state index is 12.3. The number of benzene rings is 2. The Balaban J connectivity index is 2.35. The van der Waals surface area contributed by atoms with Crippen molar-refractivity contribution in [2.75, 3.05) is 0 Å². The molecule has 0 bridgehead atoms. The highest BCUT2D eigenvalue weighted by Crippen LogP contribution is 2.23. The SMILES string of the molecule is Cc1ccc(S(=O)(=O)N(Cl)S(=O)c2ccccc2)cc1. The van der Waals surface area contributed by atoms with Gasteiger partial charge in [-0.05, 0) is 34.4 Å². The normalized spacial score (nSPS) is 13.3. The first-order valence-electron chi connectivity index (χ1n) is 5.67. The van der Waals surface area contributed by atoms with E-state index < -0.39 is 21.0 Å². The van der Waals surface area contributed by atoms with Crippen LogP contribution in [0.4, 0.5) is 0 Å². The molecular weight excluding hydrogens is 318 g/mol. The second-order valence-electron chi connectivity index (χ2n) is 4.06. The summed E-state index contributed by atoms with van der Waals surface area (Å²) in [6.07, 6.45) is 0. The molecule has 2 aromatic carbocycles. The molecule has 1 atom stereocenters. The molecule has 0 spiro atoms. The van der Waals surface area contributed by atoms with E-state index in [1.807, 2.05) is 6.92 Å². The predicted molar refractivity (Wildman–Crippen MR) is 78.9 cm³/mol. The van der Waals surface area contributed by atoms with Crippen LogP contribution >= 0.6 is 11.8 Å². The summed E-state index contributed by atoms with van der Waals surface area (Å²) in [7, 11) is -6.00. The lowest BCUT2D eigenvalue weighted by atomic mass is 10.2. The molecule has 0 heterocycles. The minimum Gasteiger partial charge on any atom is -0.235 e. The van der Waals surface area contributed by atoms with Gasteiger partial charge in [0.1, 0.15) is 0 Å². The maximum Gasteiger partial charge on any atom is 0.268 e. The topological polar surface area (TPSA) is 54.5 Å². The molecule has 0 saturated carbocycles. The molecule has 0 fully saturated rings. The van der Waals surface area contributed by atoms with Crippen molar-refractivity contribution in [3.63, 3.8) is 0 Å². The molecule has 0 aliphatic rings. The van der Waals surface area contributed by atoms with E-state index in [2.05, 4.69) is 0 Å². The minimum absolute atomic E-state index is 0.00220. The molecule has 2 aromatic rings. The second kappa shape index (κ2) is 6.05. The zero-order valence-electron chi connectivity index (χ0n) is 10.6. The first-order valence-corrected chi connectivity index (χ1v) is 8.56. The van der Waals surface area contributed by atoms with Crippen molar-refractivity contribution >= 4 is 32.8 Å². The van der Waals surface area contributed by atoms with Gasteiger partial charge in [0.25, 0.3) is 10.0 Å². The Morgan fingerprint density at radius 3 is 2.10 bits per heavy atom. The average Bonchev–Trinajstić information content (AvgIpc) is 2.47. The van der Waals surface area contributed by atoms with E-state index in [1.54, 1.807) is 42.5 Å². The number of hydrogen-bond donors (Lipinski definition) is 0. The Bertz CT molecular complexity index is 715. The van der Waals surface area contributed by atoms with Crippen molar-refractivity contribution < 1.29 is 12.6 Å². The van der Waals surface area contributed by atoms with Crippen LogP contribution in [0, 0.1) is 6.92 Å². The minimum atomic E-state index is -4.00. The molecule has 4 nitrogen and oxygen atoms in total. The van der Waals surface area contributed by atoms with Crippen molar-refractivity contribution in [1.29, 1.82) is 0 Å². The molecule has 0 radical (unpaired) electrons. The summed E-state index contributed by atoms with van der Waals surface area (Å²) >= 11 is 5.78. The predicted octanol–water partition coefficient (Wildman–Crippen LogP) is 2.86. The summed E-state index contributed by atoms with van der Waals surface area (Å²) in [4.78, 5) is 0.320. The van der Waals surface area contributed by atoms with Crippen LogP contribution in [0.15, 0.2) is 64.4 Å². The number of sulfonamides is 1. The largest absolute Gasteiger partial charge is 0.268 e. The average molecular weight is 330 g/mol. The Kier molecular flexibility index (Phi) is 4.59. The summed E-state index contributed by atoms with van der Waals surface area (Å²) in [5.41, 5.74) is 0.925. The van der Waals surface area contributed by atoms with E-state index in [1.165, 1.54) is 12.1 Å². The third kappa shape index (κ3) is 3.09. The van der Waals surface area contributed by atoms with E-state index in [0.717, 1.165) is 5.56 Å². The molecule has 1 unspecified atom stereocenters. The van der Waals surface area contributed by atoms with Gasteiger partial charge >= 0.3 is 0 Å². The van der Waals surface area contributed by atoms with Crippen LogP contribution in [0.1, 0.15) is 5.56 Å². The summed E-state index contributed by atoms with van der Waals surface area (Å²) in [5, 5.41) is 0. The summed E-state index contributed by atoms with van der Waals surface area (Å²) < 4.78 is 37.0. The number of halogens is 1. The molecule has 20 heavy (non-hydrogen) atoms. The summed E-state index contributed by atoms with van der Waals surface area (Å²) in [6, 6.07) is 14.4. The first-order chi connectivity index (χ1) is 9.43. The number of nitrogens with zero attached hydrogens (tertiary/aromatic N) is 1. The van der Waals surface area contributed by atoms with E-state index in [0.29, 0.717) is 8.13 Å². The van der Waals surface area contributed by atoms with Gasteiger partial charge in [0.15, 0.2) is 11.0 Å². The fraction of sp³-hybridized carbons (Fsp3) is 0.0769. The van der Waals surface area contributed by atoms with E-state index >= 15 is 0 Å². The highest BCUT2D eigenvalue weighted by molar-refractivity contribution is 8.02. The third-order valence-corrected chi connectivity index (χ3v) is 6.68. The fourth-order valence-corrected chi connectivity index (χ4v) is 4.41. The van der Waals surface area contributed by atoms with Crippen LogP contribution in [0.3, 0.4) is 0 Å². The highest BCUT2D eigenvalue weighted by Gasteiger charge is 2.29. The van der Waals surface area contributed by atoms with Crippen LogP contribution in [0.2, 0.25) is 0 Å². The van der Waals surface area contributed by atoms with Crippen LogP contribution in [0.25, 0.3) is 0 Å². The molecule has 0 aromatic heterocycles. The lowest BCUT2D eigenvalue weighted by Crippen LogP contribution is -2.24. The van der Waals surface area contributed by atoms with Gasteiger partial charge in [-0.25, -0.2) is 12.6 Å². The zero-order valence-corrected chi connectivity index (χ0v) is 13.0. The third-order valence-electron chi connectivity index (χ3n) is 2.58. The monoisotopic (exact) mass is 329 g/mol. The quantitative estimate of drug-likeness (QED) is 0.810. The molecule has 106 valence electrons. The zero-order chi connectivity index (χ0) is 14.8.